The van der Waals surface area contributed by atoms with Gasteiger partial charge in [-0.05, 0) is 81.2 Å². The van der Waals surface area contributed by atoms with Crippen molar-refractivity contribution in [3.8, 4) is 22.9 Å². The number of carbonyl (C=O) groups is 1. The molecule has 1 unspecified atom stereocenters. The molecule has 1 aliphatic rings. The molecule has 0 saturated heterocycles. The van der Waals surface area contributed by atoms with Gasteiger partial charge < -0.3 is 19.6 Å². The number of thioether (sulfide) groups is 1. The van der Waals surface area contributed by atoms with Crippen molar-refractivity contribution in [1.29, 1.82) is 0 Å². The molecule has 0 saturated carbocycles. The average molecular weight is 661 g/mol. The van der Waals surface area contributed by atoms with Crippen molar-refractivity contribution in [2.45, 2.75) is 57.5 Å². The number of fused-ring (bicyclic) bond motifs is 8. The predicted octanol–water partition coefficient (Wildman–Crippen LogP) is 7.83. The Labute approximate surface area is 276 Å². The molecule has 246 valence electrons. The van der Waals surface area contributed by atoms with Crippen molar-refractivity contribution < 1.29 is 28.2 Å². The quantitative estimate of drug-likeness (QED) is 0.203. The van der Waals surface area contributed by atoms with E-state index in [4.69, 9.17) is 19.6 Å². The van der Waals surface area contributed by atoms with Gasteiger partial charge in [0.05, 0.1) is 16.6 Å². The van der Waals surface area contributed by atoms with Gasteiger partial charge in [0.2, 0.25) is 0 Å². The first-order chi connectivity index (χ1) is 22.4. The van der Waals surface area contributed by atoms with E-state index in [0.29, 0.717) is 48.7 Å². The molecule has 8 nitrogen and oxygen atoms in total. The molecule has 0 spiro atoms. The molecule has 3 heterocycles. The highest BCUT2D eigenvalue weighted by molar-refractivity contribution is 7.99. The lowest BCUT2D eigenvalue weighted by atomic mass is 9.78. The van der Waals surface area contributed by atoms with Gasteiger partial charge in [0.1, 0.15) is 11.6 Å². The van der Waals surface area contributed by atoms with Crippen LogP contribution in [0.2, 0.25) is 0 Å². The van der Waals surface area contributed by atoms with Crippen LogP contribution < -0.4 is 4.74 Å². The van der Waals surface area contributed by atoms with E-state index < -0.39 is 28.6 Å². The van der Waals surface area contributed by atoms with Gasteiger partial charge in [0, 0.05) is 54.6 Å². The van der Waals surface area contributed by atoms with Crippen LogP contribution in [0.5, 0.6) is 11.5 Å². The lowest BCUT2D eigenvalue weighted by molar-refractivity contribution is -0.136. The second-order valence-corrected chi connectivity index (χ2v) is 13.9. The van der Waals surface area contributed by atoms with Crippen LogP contribution in [-0.4, -0.2) is 54.5 Å². The zero-order valence-corrected chi connectivity index (χ0v) is 27.7. The van der Waals surface area contributed by atoms with Crippen molar-refractivity contribution >= 4 is 28.6 Å². The van der Waals surface area contributed by atoms with Crippen LogP contribution in [0.1, 0.15) is 56.1 Å². The Morgan fingerprint density at radius 1 is 1.11 bits per heavy atom. The molecule has 1 atom stereocenters. The average Bonchev–Trinajstić information content (AvgIpc) is 3.66. The first kappa shape index (κ1) is 32.7. The van der Waals surface area contributed by atoms with Gasteiger partial charge in [-0.2, -0.15) is 16.9 Å². The summed E-state index contributed by atoms with van der Waals surface area (Å²) in [5.41, 5.74) is 2.17. The third-order valence-electron chi connectivity index (χ3n) is 8.75. The summed E-state index contributed by atoms with van der Waals surface area (Å²) in [7, 11) is 1.71. The Morgan fingerprint density at radius 2 is 1.94 bits per heavy atom. The van der Waals surface area contributed by atoms with Gasteiger partial charge in [0.25, 0.3) is 0 Å². The summed E-state index contributed by atoms with van der Waals surface area (Å²) in [6.45, 7) is 6.53. The summed E-state index contributed by atoms with van der Waals surface area (Å²) in [6.07, 6.45) is 3.26. The first-order valence-electron chi connectivity index (χ1n) is 15.6. The number of aromatic nitrogens is 4. The number of nitrogens with one attached hydrogen (secondary N) is 1. The van der Waals surface area contributed by atoms with Gasteiger partial charge >= 0.3 is 5.97 Å². The number of aromatic amines is 1. The maximum atomic E-state index is 15.6. The standard InChI is InChI=1S/C36H38F2N4O4S/c1-35(2)21-47-17-13-26-25-12-15-39-30(25)20-29(38)32(26)46-24-9-10-28(37)27(19-24)33-40-34(41-42(33)4)36(3,14-16-45-35)23-7-5-6-22(18-23)8-11-31(43)44/h5-7,9-10,12,15,18-20,39H,8,11,13-14,16-17,21H2,1-4H3,(H,43,44). The van der Waals surface area contributed by atoms with Gasteiger partial charge in [-0.1, -0.05) is 24.3 Å². The molecular weight excluding hydrogens is 622 g/mol. The van der Waals surface area contributed by atoms with Crippen LogP contribution in [-0.2, 0) is 34.8 Å². The summed E-state index contributed by atoms with van der Waals surface area (Å²) in [5.74, 6) is 0.680. The van der Waals surface area contributed by atoms with Gasteiger partial charge in [-0.3, -0.25) is 4.79 Å². The van der Waals surface area contributed by atoms with E-state index in [1.54, 1.807) is 25.0 Å². The topological polar surface area (TPSA) is 102 Å². The Hall–Kier alpha value is -4.22. The Morgan fingerprint density at radius 3 is 2.74 bits per heavy atom. The number of hydrogen-bond acceptors (Lipinski definition) is 6. The molecule has 0 fully saturated rings. The fourth-order valence-corrected chi connectivity index (χ4v) is 7.13. The van der Waals surface area contributed by atoms with E-state index in [9.17, 15) is 9.90 Å². The van der Waals surface area contributed by atoms with E-state index in [0.717, 1.165) is 22.1 Å². The van der Waals surface area contributed by atoms with E-state index in [-0.39, 0.29) is 29.3 Å². The van der Waals surface area contributed by atoms with Crippen molar-refractivity contribution in [2.75, 3.05) is 18.1 Å². The largest absolute Gasteiger partial charge is 0.481 e. The van der Waals surface area contributed by atoms with Gasteiger partial charge in [-0.15, -0.1) is 0 Å². The number of H-pyrrole nitrogens is 1. The molecule has 4 bridgehead atoms. The fourth-order valence-electron chi connectivity index (χ4n) is 6.06. The summed E-state index contributed by atoms with van der Waals surface area (Å²) >= 11 is 1.72. The number of halogens is 2. The van der Waals surface area contributed by atoms with E-state index in [2.05, 4.69) is 18.8 Å². The molecule has 47 heavy (non-hydrogen) atoms. The number of ether oxygens (including phenoxy) is 2. The van der Waals surface area contributed by atoms with Crippen LogP contribution in [0, 0.1) is 11.6 Å². The number of carboxylic acid groups (broad SMARTS) is 1. The monoisotopic (exact) mass is 660 g/mol. The van der Waals surface area contributed by atoms with Crippen LogP contribution in [0.15, 0.2) is 60.8 Å². The molecule has 1 aliphatic heterocycles. The predicted molar refractivity (Wildman–Crippen MR) is 179 cm³/mol. The maximum Gasteiger partial charge on any atom is 0.303 e. The molecule has 2 N–H and O–H groups in total. The maximum absolute atomic E-state index is 15.6. The number of benzene rings is 3. The summed E-state index contributed by atoms with van der Waals surface area (Å²) < 4.78 is 45.3. The van der Waals surface area contributed by atoms with Gasteiger partial charge in [-0.25, -0.2) is 18.4 Å². The fraction of sp³-hybridized carbons (Fsp3) is 0.361. The number of rotatable bonds is 4. The number of aliphatic carboxylic acids is 1. The van der Waals surface area contributed by atoms with E-state index in [1.165, 1.54) is 28.9 Å². The minimum Gasteiger partial charge on any atom is -0.481 e. The van der Waals surface area contributed by atoms with Crippen LogP contribution >= 0.6 is 11.8 Å². The highest BCUT2D eigenvalue weighted by atomic mass is 32.2. The van der Waals surface area contributed by atoms with E-state index in [1.807, 2.05) is 37.3 Å². The molecule has 2 aromatic heterocycles. The normalized spacial score (nSPS) is 18.6. The molecule has 0 amide bonds. The van der Waals surface area contributed by atoms with Crippen molar-refractivity contribution in [1.82, 2.24) is 19.7 Å². The highest BCUT2D eigenvalue weighted by Crippen LogP contribution is 2.39. The summed E-state index contributed by atoms with van der Waals surface area (Å²) in [4.78, 5) is 19.3. The van der Waals surface area contributed by atoms with Crippen molar-refractivity contribution in [3.05, 3.63) is 94.9 Å². The van der Waals surface area contributed by atoms with Crippen molar-refractivity contribution in [2.24, 2.45) is 7.05 Å². The van der Waals surface area contributed by atoms with Crippen LogP contribution in [0.25, 0.3) is 22.3 Å². The molecule has 11 heteroatoms. The molecule has 0 aliphatic carbocycles. The van der Waals surface area contributed by atoms with E-state index >= 15 is 8.78 Å². The zero-order chi connectivity index (χ0) is 33.3. The number of hydrogen-bond donors (Lipinski definition) is 2. The van der Waals surface area contributed by atoms with Crippen molar-refractivity contribution in [3.63, 3.8) is 0 Å². The molecule has 5 aromatic rings. The SMILES string of the molecule is Cn1nc2nc1-c1cc(ccc1F)Oc1c(F)cc3[nH]ccc3c1CCSCC(C)(C)OCCC2(C)c1cccc(CCC(=O)O)c1. The minimum absolute atomic E-state index is 0.0171. The van der Waals surface area contributed by atoms with Crippen LogP contribution in [0.3, 0.4) is 0 Å². The minimum atomic E-state index is -0.861. The lowest BCUT2D eigenvalue weighted by Crippen LogP contribution is -2.33. The Kier molecular flexibility index (Phi) is 9.13. The number of aryl methyl sites for hydroxylation is 3. The molecule has 3 aromatic carbocycles. The Bertz CT molecular complexity index is 1940. The first-order valence-corrected chi connectivity index (χ1v) is 16.8. The van der Waals surface area contributed by atoms with Crippen LogP contribution in [0.4, 0.5) is 8.78 Å². The summed E-state index contributed by atoms with van der Waals surface area (Å²) in [6, 6.07) is 15.4. The molecule has 6 rings (SSSR count). The third kappa shape index (κ3) is 6.92. The smallest absolute Gasteiger partial charge is 0.303 e. The second kappa shape index (κ2) is 13.1. The third-order valence-corrected chi connectivity index (χ3v) is 10.1. The van der Waals surface area contributed by atoms with Gasteiger partial charge in [0.15, 0.2) is 23.2 Å². The molecule has 0 radical (unpaired) electrons. The zero-order valence-electron chi connectivity index (χ0n) is 26.9. The Balaban J connectivity index is 1.46. The summed E-state index contributed by atoms with van der Waals surface area (Å²) in [5, 5.41) is 14.9. The lowest BCUT2D eigenvalue weighted by Gasteiger charge is -2.31. The highest BCUT2D eigenvalue weighted by Gasteiger charge is 2.35. The molecular formula is C36H38F2N4O4S. The number of nitrogens with zero attached hydrogens (tertiary/aromatic N) is 3. The second-order valence-electron chi connectivity index (χ2n) is 12.8. The number of carboxylic acids is 1.